The smallest absolute Gasteiger partial charge is 0.251 e. The Morgan fingerprint density at radius 2 is 2.05 bits per heavy atom. The highest BCUT2D eigenvalue weighted by atomic mass is 79.9. The lowest BCUT2D eigenvalue weighted by Crippen LogP contribution is -2.51. The van der Waals surface area contributed by atoms with Crippen LogP contribution in [0, 0.1) is 5.82 Å². The third-order valence-corrected chi connectivity index (χ3v) is 4.28. The van der Waals surface area contributed by atoms with Gasteiger partial charge in [-0.3, -0.25) is 4.79 Å². The highest BCUT2D eigenvalue weighted by molar-refractivity contribution is 9.10. The molecule has 2 rings (SSSR count). The molecule has 0 aliphatic heterocycles. The van der Waals surface area contributed by atoms with Crippen molar-refractivity contribution in [3.05, 3.63) is 34.1 Å². The van der Waals surface area contributed by atoms with Crippen molar-refractivity contribution >= 4 is 21.8 Å². The number of rotatable bonds is 3. The fourth-order valence-electron chi connectivity index (χ4n) is 2.43. The molecular formula is C14H18BrFN2O. The van der Waals surface area contributed by atoms with E-state index in [0.717, 1.165) is 25.7 Å². The average Bonchev–Trinajstić information content (AvgIpc) is 2.40. The maximum absolute atomic E-state index is 13.4. The first-order valence-electron chi connectivity index (χ1n) is 6.52. The Hall–Kier alpha value is -0.940. The number of nitrogens with two attached hydrogens (primary N) is 1. The van der Waals surface area contributed by atoms with Gasteiger partial charge in [0.25, 0.3) is 5.91 Å². The Bertz CT molecular complexity index is 473. The van der Waals surface area contributed by atoms with Crippen LogP contribution < -0.4 is 11.1 Å². The first kappa shape index (κ1) is 14.5. The minimum atomic E-state index is -0.437. The Labute approximate surface area is 120 Å². The topological polar surface area (TPSA) is 55.1 Å². The van der Waals surface area contributed by atoms with Crippen LogP contribution in [-0.2, 0) is 0 Å². The van der Waals surface area contributed by atoms with Gasteiger partial charge in [-0.25, -0.2) is 4.39 Å². The lowest BCUT2D eigenvalue weighted by molar-refractivity contribution is 0.0937. The van der Waals surface area contributed by atoms with E-state index in [1.165, 1.54) is 18.6 Å². The predicted octanol–water partition coefficient (Wildman–Crippen LogP) is 2.98. The maximum Gasteiger partial charge on any atom is 0.251 e. The van der Waals surface area contributed by atoms with E-state index in [0.29, 0.717) is 16.6 Å². The number of carbonyl (C=O) groups excluding carboxylic acids is 1. The fourth-order valence-corrected chi connectivity index (χ4v) is 2.68. The number of hydrogen-bond acceptors (Lipinski definition) is 2. The predicted molar refractivity (Wildman–Crippen MR) is 76.4 cm³/mol. The van der Waals surface area contributed by atoms with Gasteiger partial charge in [0.2, 0.25) is 0 Å². The van der Waals surface area contributed by atoms with Gasteiger partial charge in [0.15, 0.2) is 0 Å². The lowest BCUT2D eigenvalue weighted by atomic mass is 9.82. The fraction of sp³-hybridized carbons (Fsp3) is 0.500. The van der Waals surface area contributed by atoms with E-state index in [-0.39, 0.29) is 11.4 Å². The van der Waals surface area contributed by atoms with E-state index in [9.17, 15) is 9.18 Å². The molecule has 0 spiro atoms. The molecule has 0 heterocycles. The van der Waals surface area contributed by atoms with Crippen molar-refractivity contribution in [2.75, 3.05) is 6.54 Å². The number of carbonyl (C=O) groups is 1. The van der Waals surface area contributed by atoms with Gasteiger partial charge in [-0.05, 0) is 47.0 Å². The summed E-state index contributed by atoms with van der Waals surface area (Å²) < 4.78 is 13.7. The van der Waals surface area contributed by atoms with E-state index >= 15 is 0 Å². The molecule has 0 unspecified atom stereocenters. The van der Waals surface area contributed by atoms with Crippen molar-refractivity contribution in [2.45, 2.75) is 37.6 Å². The second-order valence-electron chi connectivity index (χ2n) is 5.23. The molecule has 104 valence electrons. The van der Waals surface area contributed by atoms with Gasteiger partial charge >= 0.3 is 0 Å². The molecule has 1 aromatic carbocycles. The van der Waals surface area contributed by atoms with Crippen molar-refractivity contribution in [3.63, 3.8) is 0 Å². The van der Waals surface area contributed by atoms with Crippen LogP contribution in [0.1, 0.15) is 42.5 Å². The molecular weight excluding hydrogens is 311 g/mol. The molecule has 19 heavy (non-hydrogen) atoms. The SMILES string of the molecule is NC1(CNC(=O)c2ccc(Br)c(F)c2)CCCCC1. The molecule has 1 aromatic rings. The standard InChI is InChI=1S/C14H18BrFN2O/c15-11-5-4-10(8-12(11)16)13(19)18-9-14(17)6-2-1-3-7-14/h4-5,8H,1-3,6-7,9,17H2,(H,18,19). The molecule has 5 heteroatoms. The maximum atomic E-state index is 13.4. The van der Waals surface area contributed by atoms with Gasteiger partial charge in [-0.1, -0.05) is 19.3 Å². The zero-order chi connectivity index (χ0) is 13.9. The average molecular weight is 329 g/mol. The summed E-state index contributed by atoms with van der Waals surface area (Å²) >= 11 is 3.06. The molecule has 1 fully saturated rings. The first-order valence-corrected chi connectivity index (χ1v) is 7.32. The van der Waals surface area contributed by atoms with Crippen LogP contribution in [0.2, 0.25) is 0 Å². The van der Waals surface area contributed by atoms with Crippen LogP contribution in [0.5, 0.6) is 0 Å². The minimum Gasteiger partial charge on any atom is -0.350 e. The van der Waals surface area contributed by atoms with Crippen LogP contribution in [0.3, 0.4) is 0 Å². The number of amides is 1. The van der Waals surface area contributed by atoms with Crippen molar-refractivity contribution < 1.29 is 9.18 Å². The summed E-state index contributed by atoms with van der Waals surface area (Å²) in [5.74, 6) is -0.713. The summed E-state index contributed by atoms with van der Waals surface area (Å²) in [6, 6.07) is 4.35. The summed E-state index contributed by atoms with van der Waals surface area (Å²) in [4.78, 5) is 11.9. The summed E-state index contributed by atoms with van der Waals surface area (Å²) in [7, 11) is 0. The Morgan fingerprint density at radius 3 is 2.68 bits per heavy atom. The van der Waals surface area contributed by atoms with Crippen LogP contribution in [0.15, 0.2) is 22.7 Å². The van der Waals surface area contributed by atoms with E-state index in [4.69, 9.17) is 5.73 Å². The summed E-state index contributed by atoms with van der Waals surface area (Å²) in [6.45, 7) is 0.448. The molecule has 0 atom stereocenters. The summed E-state index contributed by atoms with van der Waals surface area (Å²) in [5, 5.41) is 2.81. The van der Waals surface area contributed by atoms with Crippen molar-refractivity contribution in [2.24, 2.45) is 5.73 Å². The number of benzene rings is 1. The van der Waals surface area contributed by atoms with Crippen LogP contribution >= 0.6 is 15.9 Å². The van der Waals surface area contributed by atoms with Crippen molar-refractivity contribution in [3.8, 4) is 0 Å². The molecule has 0 saturated heterocycles. The minimum absolute atomic E-state index is 0.276. The van der Waals surface area contributed by atoms with Crippen LogP contribution in [0.25, 0.3) is 0 Å². The third kappa shape index (κ3) is 3.76. The van der Waals surface area contributed by atoms with Crippen LogP contribution in [0.4, 0.5) is 4.39 Å². The van der Waals surface area contributed by atoms with Gasteiger partial charge in [-0.15, -0.1) is 0 Å². The van der Waals surface area contributed by atoms with Crippen LogP contribution in [-0.4, -0.2) is 18.0 Å². The zero-order valence-corrected chi connectivity index (χ0v) is 12.3. The van der Waals surface area contributed by atoms with E-state index in [2.05, 4.69) is 21.2 Å². The third-order valence-electron chi connectivity index (χ3n) is 3.63. The lowest BCUT2D eigenvalue weighted by Gasteiger charge is -2.33. The Morgan fingerprint density at radius 1 is 1.37 bits per heavy atom. The Balaban J connectivity index is 1.95. The molecule has 1 saturated carbocycles. The second-order valence-corrected chi connectivity index (χ2v) is 6.09. The molecule has 0 bridgehead atoms. The first-order chi connectivity index (χ1) is 9.00. The Kier molecular flexibility index (Phi) is 4.58. The number of halogens is 2. The quantitative estimate of drug-likeness (QED) is 0.896. The monoisotopic (exact) mass is 328 g/mol. The zero-order valence-electron chi connectivity index (χ0n) is 10.7. The normalized spacial score (nSPS) is 18.1. The molecule has 1 aliphatic rings. The van der Waals surface area contributed by atoms with Crippen molar-refractivity contribution in [1.29, 1.82) is 0 Å². The molecule has 3 nitrogen and oxygen atoms in total. The van der Waals surface area contributed by atoms with Gasteiger partial charge < -0.3 is 11.1 Å². The molecule has 0 radical (unpaired) electrons. The molecule has 1 amide bonds. The van der Waals surface area contributed by atoms with E-state index in [1.807, 2.05) is 0 Å². The molecule has 1 aliphatic carbocycles. The molecule has 0 aromatic heterocycles. The number of hydrogen-bond donors (Lipinski definition) is 2. The summed E-state index contributed by atoms with van der Waals surface area (Å²) in [6.07, 6.45) is 5.30. The summed E-state index contributed by atoms with van der Waals surface area (Å²) in [5.41, 5.74) is 6.26. The van der Waals surface area contributed by atoms with E-state index < -0.39 is 5.82 Å². The van der Waals surface area contributed by atoms with Gasteiger partial charge in [0.1, 0.15) is 5.82 Å². The van der Waals surface area contributed by atoms with Gasteiger partial charge in [0.05, 0.1) is 4.47 Å². The highest BCUT2D eigenvalue weighted by Gasteiger charge is 2.27. The van der Waals surface area contributed by atoms with Gasteiger partial charge in [0, 0.05) is 17.6 Å². The molecule has 3 N–H and O–H groups in total. The second kappa shape index (κ2) is 6.01. The van der Waals surface area contributed by atoms with Gasteiger partial charge in [-0.2, -0.15) is 0 Å². The van der Waals surface area contributed by atoms with Crippen molar-refractivity contribution in [1.82, 2.24) is 5.32 Å². The highest BCUT2D eigenvalue weighted by Crippen LogP contribution is 2.25. The largest absolute Gasteiger partial charge is 0.350 e. The number of nitrogens with one attached hydrogen (secondary N) is 1. The van der Waals surface area contributed by atoms with E-state index in [1.54, 1.807) is 6.07 Å².